The Balaban J connectivity index is 1.69. The summed E-state index contributed by atoms with van der Waals surface area (Å²) < 4.78 is 7.09. The number of aromatic nitrogens is 2. The quantitative estimate of drug-likeness (QED) is 0.459. The van der Waals surface area contributed by atoms with Crippen LogP contribution in [0.5, 0.6) is 0 Å². The van der Waals surface area contributed by atoms with Crippen LogP contribution in [0.4, 0.5) is 0 Å². The van der Waals surface area contributed by atoms with Gasteiger partial charge in [0.2, 0.25) is 5.91 Å². The highest BCUT2D eigenvalue weighted by atomic mass is 32.2. The number of carbonyl (C=O) groups is 2. The molecule has 3 aromatic rings. The molecule has 142 valence electrons. The number of aryl methyl sites for hydroxylation is 1. The van der Waals surface area contributed by atoms with Gasteiger partial charge in [-0.2, -0.15) is 0 Å². The van der Waals surface area contributed by atoms with Crippen molar-refractivity contribution in [3.63, 3.8) is 0 Å². The van der Waals surface area contributed by atoms with Gasteiger partial charge in [-0.15, -0.1) is 11.3 Å². The monoisotopic (exact) mass is 403 g/mol. The molecule has 0 unspecified atom stereocenters. The predicted octanol–water partition coefficient (Wildman–Crippen LogP) is 3.70. The lowest BCUT2D eigenvalue weighted by Gasteiger charge is -2.06. The van der Waals surface area contributed by atoms with Gasteiger partial charge in [0, 0.05) is 11.4 Å². The van der Waals surface area contributed by atoms with Crippen molar-refractivity contribution >= 4 is 46.0 Å². The van der Waals surface area contributed by atoms with E-state index in [-0.39, 0.29) is 11.9 Å². The highest BCUT2D eigenvalue weighted by molar-refractivity contribution is 7.99. The molecule has 2 aromatic heterocycles. The third kappa shape index (κ3) is 4.70. The van der Waals surface area contributed by atoms with E-state index in [9.17, 15) is 9.59 Å². The number of thioether (sulfide) groups is 1. The van der Waals surface area contributed by atoms with Crippen molar-refractivity contribution in [2.24, 2.45) is 0 Å². The Morgan fingerprint density at radius 1 is 1.30 bits per heavy atom. The molecule has 0 radical (unpaired) electrons. The first kappa shape index (κ1) is 19.4. The fraction of sp³-hybridized carbons (Fsp3) is 0.316. The third-order valence-electron chi connectivity index (χ3n) is 3.91. The predicted molar refractivity (Wildman–Crippen MR) is 108 cm³/mol. The largest absolute Gasteiger partial charge is 0.462 e. The lowest BCUT2D eigenvalue weighted by atomic mass is 10.2. The summed E-state index contributed by atoms with van der Waals surface area (Å²) in [5.74, 6) is -0.0951. The zero-order chi connectivity index (χ0) is 19.2. The van der Waals surface area contributed by atoms with Gasteiger partial charge < -0.3 is 14.6 Å². The van der Waals surface area contributed by atoms with Crippen molar-refractivity contribution in [1.82, 2.24) is 14.9 Å². The van der Waals surface area contributed by atoms with E-state index < -0.39 is 0 Å². The Kier molecular flexibility index (Phi) is 6.52. The number of benzene rings is 1. The molecule has 0 aliphatic rings. The highest BCUT2D eigenvalue weighted by Gasteiger charge is 2.15. The summed E-state index contributed by atoms with van der Waals surface area (Å²) in [7, 11) is 0. The van der Waals surface area contributed by atoms with E-state index in [2.05, 4.69) is 10.3 Å². The molecule has 27 heavy (non-hydrogen) atoms. The molecule has 0 bridgehead atoms. The topological polar surface area (TPSA) is 73.2 Å². The maximum absolute atomic E-state index is 12.1. The maximum atomic E-state index is 12.1. The van der Waals surface area contributed by atoms with Crippen LogP contribution in [-0.2, 0) is 22.6 Å². The summed E-state index contributed by atoms with van der Waals surface area (Å²) in [5.41, 5.74) is 2.14. The molecule has 0 fully saturated rings. The summed E-state index contributed by atoms with van der Waals surface area (Å²) in [6, 6.07) is 9.32. The van der Waals surface area contributed by atoms with Crippen LogP contribution in [0.25, 0.3) is 11.0 Å². The first-order chi connectivity index (χ1) is 13.1. The maximum Gasteiger partial charge on any atom is 0.338 e. The van der Waals surface area contributed by atoms with Crippen molar-refractivity contribution in [2.75, 3.05) is 12.4 Å². The Morgan fingerprint density at radius 3 is 2.85 bits per heavy atom. The Morgan fingerprint density at radius 2 is 2.15 bits per heavy atom. The van der Waals surface area contributed by atoms with Gasteiger partial charge in [0.15, 0.2) is 5.16 Å². The summed E-state index contributed by atoms with van der Waals surface area (Å²) >= 11 is 3.01. The second-order valence-electron chi connectivity index (χ2n) is 5.71. The summed E-state index contributed by atoms with van der Waals surface area (Å²) in [6.45, 7) is 5.42. The molecule has 0 saturated carbocycles. The van der Waals surface area contributed by atoms with Gasteiger partial charge in [-0.3, -0.25) is 4.79 Å². The molecule has 6 nitrogen and oxygen atoms in total. The summed E-state index contributed by atoms with van der Waals surface area (Å²) in [4.78, 5) is 29.8. The molecule has 0 aliphatic heterocycles. The molecule has 1 N–H and O–H groups in total. The average molecular weight is 404 g/mol. The summed E-state index contributed by atoms with van der Waals surface area (Å²) in [5, 5.41) is 5.67. The van der Waals surface area contributed by atoms with Gasteiger partial charge in [0.1, 0.15) is 0 Å². The third-order valence-corrected chi connectivity index (χ3v) is 5.77. The molecular formula is C19H21N3O3S2. The van der Waals surface area contributed by atoms with E-state index in [1.807, 2.05) is 35.1 Å². The summed E-state index contributed by atoms with van der Waals surface area (Å²) in [6.07, 6.45) is 0. The number of hydrogen-bond acceptors (Lipinski definition) is 6. The van der Waals surface area contributed by atoms with Crippen LogP contribution in [0.2, 0.25) is 0 Å². The molecule has 3 rings (SSSR count). The molecule has 2 heterocycles. The second kappa shape index (κ2) is 9.05. The molecule has 0 atom stereocenters. The van der Waals surface area contributed by atoms with Gasteiger partial charge in [-0.05, 0) is 43.5 Å². The number of esters is 1. The number of rotatable bonds is 8. The number of thiophene rings is 1. The fourth-order valence-corrected chi connectivity index (χ4v) is 4.20. The number of imidazole rings is 1. The van der Waals surface area contributed by atoms with Crippen LogP contribution in [0.1, 0.15) is 29.1 Å². The van der Waals surface area contributed by atoms with Crippen molar-refractivity contribution in [3.05, 3.63) is 46.2 Å². The van der Waals surface area contributed by atoms with Crippen LogP contribution in [0.15, 0.2) is 40.9 Å². The fourth-order valence-electron chi connectivity index (χ4n) is 2.64. The highest BCUT2D eigenvalue weighted by Crippen LogP contribution is 2.25. The normalized spacial score (nSPS) is 10.9. The van der Waals surface area contributed by atoms with Crippen molar-refractivity contribution in [3.8, 4) is 0 Å². The van der Waals surface area contributed by atoms with E-state index in [0.717, 1.165) is 27.6 Å². The van der Waals surface area contributed by atoms with Crippen molar-refractivity contribution in [2.45, 2.75) is 32.1 Å². The van der Waals surface area contributed by atoms with Gasteiger partial charge in [-0.1, -0.05) is 17.8 Å². The van der Waals surface area contributed by atoms with E-state index in [4.69, 9.17) is 4.74 Å². The molecule has 8 heteroatoms. The zero-order valence-electron chi connectivity index (χ0n) is 15.2. The molecule has 1 aromatic carbocycles. The van der Waals surface area contributed by atoms with Gasteiger partial charge in [0.25, 0.3) is 0 Å². The standard InChI is InChI=1S/C19H21N3O3S2/c1-3-22-16-8-7-13(18(24)25-4-2)10-15(16)21-19(22)27-12-17(23)20-11-14-6-5-9-26-14/h5-10H,3-4,11-12H2,1-2H3,(H,20,23). The number of nitrogens with zero attached hydrogens (tertiary/aromatic N) is 2. The van der Waals surface area contributed by atoms with E-state index >= 15 is 0 Å². The number of nitrogens with one attached hydrogen (secondary N) is 1. The molecule has 0 spiro atoms. The molecule has 1 amide bonds. The van der Waals surface area contributed by atoms with Crippen LogP contribution in [0, 0.1) is 0 Å². The minimum absolute atomic E-state index is 0.0321. The van der Waals surface area contributed by atoms with Gasteiger partial charge >= 0.3 is 5.97 Å². The van der Waals surface area contributed by atoms with Gasteiger partial charge in [0.05, 0.1) is 35.5 Å². The van der Waals surface area contributed by atoms with Gasteiger partial charge in [-0.25, -0.2) is 9.78 Å². The van der Waals surface area contributed by atoms with Crippen molar-refractivity contribution in [1.29, 1.82) is 0 Å². The molecule has 0 saturated heterocycles. The number of hydrogen-bond donors (Lipinski definition) is 1. The number of amides is 1. The first-order valence-corrected chi connectivity index (χ1v) is 10.6. The Bertz CT molecular complexity index is 935. The Labute approximate surface area is 165 Å². The molecule has 0 aliphatic carbocycles. The zero-order valence-corrected chi connectivity index (χ0v) is 16.9. The second-order valence-corrected chi connectivity index (χ2v) is 7.68. The lowest BCUT2D eigenvalue weighted by Crippen LogP contribution is -2.24. The first-order valence-electron chi connectivity index (χ1n) is 8.71. The van der Waals surface area contributed by atoms with Crippen LogP contribution < -0.4 is 5.32 Å². The number of ether oxygens (including phenoxy) is 1. The minimum Gasteiger partial charge on any atom is -0.462 e. The number of fused-ring (bicyclic) bond motifs is 1. The van der Waals surface area contributed by atoms with E-state index in [0.29, 0.717) is 24.5 Å². The van der Waals surface area contributed by atoms with Crippen molar-refractivity contribution < 1.29 is 14.3 Å². The van der Waals surface area contributed by atoms with Crippen LogP contribution in [0.3, 0.4) is 0 Å². The smallest absolute Gasteiger partial charge is 0.338 e. The lowest BCUT2D eigenvalue weighted by molar-refractivity contribution is -0.118. The van der Waals surface area contributed by atoms with Crippen LogP contribution in [-0.4, -0.2) is 33.8 Å². The van der Waals surface area contributed by atoms with E-state index in [1.54, 1.807) is 30.4 Å². The SMILES string of the molecule is CCOC(=O)c1ccc2c(c1)nc(SCC(=O)NCc1cccs1)n2CC. The van der Waals surface area contributed by atoms with E-state index in [1.165, 1.54) is 11.8 Å². The molecular weight excluding hydrogens is 382 g/mol. The van der Waals surface area contributed by atoms with Crippen LogP contribution >= 0.6 is 23.1 Å². The number of carbonyl (C=O) groups excluding carboxylic acids is 2. The Hall–Kier alpha value is -2.32. The average Bonchev–Trinajstić information content (AvgIpc) is 3.31. The minimum atomic E-state index is -0.354.